The van der Waals surface area contributed by atoms with E-state index in [1.54, 1.807) is 16.9 Å². The molecule has 8 heteroatoms. The first-order valence-corrected chi connectivity index (χ1v) is 7.98. The van der Waals surface area contributed by atoms with Crippen LogP contribution in [-0.4, -0.2) is 52.5 Å². The summed E-state index contributed by atoms with van der Waals surface area (Å²) in [5, 5.41) is 2.84. The van der Waals surface area contributed by atoms with Gasteiger partial charge in [0.1, 0.15) is 5.01 Å². The predicted octanol–water partition coefficient (Wildman–Crippen LogP) is 1.18. The number of aromatic nitrogens is 1. The molecular weight excluding hydrogens is 304 g/mol. The number of hydrogen-bond donors (Lipinski definition) is 1. The van der Waals surface area contributed by atoms with Gasteiger partial charge < -0.3 is 20.3 Å². The van der Waals surface area contributed by atoms with Crippen LogP contribution in [0.25, 0.3) is 0 Å². The van der Waals surface area contributed by atoms with E-state index in [-0.39, 0.29) is 12.5 Å². The second-order valence-corrected chi connectivity index (χ2v) is 6.92. The van der Waals surface area contributed by atoms with Crippen molar-refractivity contribution in [1.29, 1.82) is 0 Å². The third kappa shape index (κ3) is 3.75. The van der Waals surface area contributed by atoms with Gasteiger partial charge in [0.2, 0.25) is 5.91 Å². The van der Waals surface area contributed by atoms with Crippen LogP contribution in [0.3, 0.4) is 0 Å². The van der Waals surface area contributed by atoms with Crippen LogP contribution in [0.5, 0.6) is 0 Å². The Morgan fingerprint density at radius 1 is 1.50 bits per heavy atom. The summed E-state index contributed by atoms with van der Waals surface area (Å²) in [6, 6.07) is -0.0764. The molecule has 0 radical (unpaired) electrons. The standard InChI is InChI=1S/C14H22N4O3S/c1-14(2,6-11(15)19)18-5-4-17(13(18)20)7-10-9-22-12(16-10)8-21-3/h9H,4-8H2,1-3H3,(H2,15,19). The number of primary amides is 1. The molecule has 7 nitrogen and oxygen atoms in total. The first-order valence-electron chi connectivity index (χ1n) is 7.10. The lowest BCUT2D eigenvalue weighted by Crippen LogP contribution is -2.48. The van der Waals surface area contributed by atoms with E-state index in [4.69, 9.17) is 10.5 Å². The quantitative estimate of drug-likeness (QED) is 0.815. The van der Waals surface area contributed by atoms with Crippen LogP contribution in [0.2, 0.25) is 0 Å². The Kier molecular flexibility index (Phi) is 5.02. The van der Waals surface area contributed by atoms with E-state index in [0.717, 1.165) is 10.7 Å². The zero-order valence-electron chi connectivity index (χ0n) is 13.2. The highest BCUT2D eigenvalue weighted by Crippen LogP contribution is 2.25. The van der Waals surface area contributed by atoms with Crippen molar-refractivity contribution in [2.75, 3.05) is 20.2 Å². The maximum Gasteiger partial charge on any atom is 0.320 e. The van der Waals surface area contributed by atoms with Crippen molar-refractivity contribution in [3.8, 4) is 0 Å². The highest BCUT2D eigenvalue weighted by atomic mass is 32.1. The molecule has 2 N–H and O–H groups in total. The summed E-state index contributed by atoms with van der Waals surface area (Å²) in [5.74, 6) is -0.403. The van der Waals surface area contributed by atoms with Crippen LogP contribution in [-0.2, 0) is 22.7 Å². The molecule has 3 amide bonds. The molecule has 0 aliphatic carbocycles. The minimum Gasteiger partial charge on any atom is -0.378 e. The fourth-order valence-corrected chi connectivity index (χ4v) is 3.37. The highest BCUT2D eigenvalue weighted by Gasteiger charge is 2.39. The summed E-state index contributed by atoms with van der Waals surface area (Å²) < 4.78 is 5.05. The second kappa shape index (κ2) is 6.62. The summed E-state index contributed by atoms with van der Waals surface area (Å²) in [5.41, 5.74) is 5.56. The topological polar surface area (TPSA) is 88.8 Å². The van der Waals surface area contributed by atoms with Crippen molar-refractivity contribution in [1.82, 2.24) is 14.8 Å². The number of rotatable bonds is 7. The summed E-state index contributed by atoms with van der Waals surface area (Å²) in [6.45, 7) is 5.89. The van der Waals surface area contributed by atoms with Crippen LogP contribution < -0.4 is 5.73 Å². The average molecular weight is 326 g/mol. The van der Waals surface area contributed by atoms with Crippen molar-refractivity contribution in [3.63, 3.8) is 0 Å². The molecule has 1 aliphatic heterocycles. The van der Waals surface area contributed by atoms with Crippen LogP contribution in [0.4, 0.5) is 4.79 Å². The summed E-state index contributed by atoms with van der Waals surface area (Å²) in [6.07, 6.45) is 0.154. The molecule has 2 heterocycles. The normalized spacial score (nSPS) is 15.7. The number of amides is 3. The number of hydrogen-bond acceptors (Lipinski definition) is 5. The fourth-order valence-electron chi connectivity index (χ4n) is 2.62. The summed E-state index contributed by atoms with van der Waals surface area (Å²) >= 11 is 1.52. The Bertz CT molecular complexity index is 558. The van der Waals surface area contributed by atoms with E-state index in [1.165, 1.54) is 11.3 Å². The van der Waals surface area contributed by atoms with Crippen LogP contribution >= 0.6 is 11.3 Å². The van der Waals surface area contributed by atoms with Crippen LogP contribution in [0.15, 0.2) is 5.38 Å². The SMILES string of the molecule is COCc1nc(CN2CCN(C(C)(C)CC(N)=O)C2=O)cs1. The summed E-state index contributed by atoms with van der Waals surface area (Å²) in [4.78, 5) is 31.6. The number of ether oxygens (including phenoxy) is 1. The lowest BCUT2D eigenvalue weighted by atomic mass is 9.98. The molecule has 2 rings (SSSR count). The largest absolute Gasteiger partial charge is 0.378 e. The Hall–Kier alpha value is -1.67. The maximum atomic E-state index is 12.5. The van der Waals surface area contributed by atoms with E-state index in [0.29, 0.717) is 26.2 Å². The molecule has 0 unspecified atom stereocenters. The molecular formula is C14H22N4O3S. The zero-order chi connectivity index (χ0) is 16.3. The van der Waals surface area contributed by atoms with Crippen molar-refractivity contribution >= 4 is 23.3 Å². The molecule has 1 aliphatic rings. The van der Waals surface area contributed by atoms with Crippen LogP contribution in [0.1, 0.15) is 31.0 Å². The van der Waals surface area contributed by atoms with Crippen molar-refractivity contribution in [2.24, 2.45) is 5.73 Å². The van der Waals surface area contributed by atoms with Crippen LogP contribution in [0, 0.1) is 0 Å². The molecule has 0 atom stereocenters. The van der Waals surface area contributed by atoms with Gasteiger partial charge in [-0.2, -0.15) is 0 Å². The molecule has 22 heavy (non-hydrogen) atoms. The van der Waals surface area contributed by atoms with Gasteiger partial charge in [0, 0.05) is 37.5 Å². The van der Waals surface area contributed by atoms with Gasteiger partial charge >= 0.3 is 6.03 Å². The van der Waals surface area contributed by atoms with E-state index in [2.05, 4.69) is 4.98 Å². The second-order valence-electron chi connectivity index (χ2n) is 5.98. The van der Waals surface area contributed by atoms with E-state index >= 15 is 0 Å². The number of nitrogens with zero attached hydrogens (tertiary/aromatic N) is 3. The van der Waals surface area contributed by atoms with Gasteiger partial charge in [0.15, 0.2) is 0 Å². The Labute approximate surface area is 134 Å². The Morgan fingerprint density at radius 3 is 2.86 bits per heavy atom. The summed E-state index contributed by atoms with van der Waals surface area (Å²) in [7, 11) is 1.63. The minimum absolute atomic E-state index is 0.0764. The number of thiazole rings is 1. The van der Waals surface area contributed by atoms with Gasteiger partial charge in [-0.15, -0.1) is 11.3 Å². The monoisotopic (exact) mass is 326 g/mol. The average Bonchev–Trinajstić information content (AvgIpc) is 2.97. The maximum absolute atomic E-state index is 12.5. The van der Waals surface area contributed by atoms with E-state index in [1.807, 2.05) is 19.2 Å². The number of methoxy groups -OCH3 is 1. The molecule has 1 aromatic heterocycles. The van der Waals surface area contributed by atoms with Gasteiger partial charge in [0.05, 0.1) is 18.8 Å². The first-order chi connectivity index (χ1) is 10.3. The molecule has 0 spiro atoms. The van der Waals surface area contributed by atoms with Gasteiger partial charge in [-0.3, -0.25) is 4.79 Å². The number of nitrogens with two attached hydrogens (primary N) is 1. The molecule has 1 fully saturated rings. The Morgan fingerprint density at radius 2 is 2.23 bits per heavy atom. The lowest BCUT2D eigenvalue weighted by Gasteiger charge is -2.34. The van der Waals surface area contributed by atoms with Crippen molar-refractivity contribution in [2.45, 2.75) is 39.0 Å². The lowest BCUT2D eigenvalue weighted by molar-refractivity contribution is -0.119. The molecule has 0 aromatic carbocycles. The molecule has 1 saturated heterocycles. The fraction of sp³-hybridized carbons (Fsp3) is 0.643. The van der Waals surface area contributed by atoms with Gasteiger partial charge in [-0.05, 0) is 13.8 Å². The first kappa shape index (κ1) is 16.7. The van der Waals surface area contributed by atoms with Gasteiger partial charge in [-0.1, -0.05) is 0 Å². The minimum atomic E-state index is -0.568. The Balaban J connectivity index is 2.00. The molecule has 1 aromatic rings. The smallest absolute Gasteiger partial charge is 0.320 e. The molecule has 122 valence electrons. The van der Waals surface area contributed by atoms with E-state index in [9.17, 15) is 9.59 Å². The number of carbonyl (C=O) groups excluding carboxylic acids is 2. The van der Waals surface area contributed by atoms with E-state index < -0.39 is 11.4 Å². The predicted molar refractivity (Wildman–Crippen MR) is 83.2 cm³/mol. The van der Waals surface area contributed by atoms with Crippen molar-refractivity contribution < 1.29 is 14.3 Å². The van der Waals surface area contributed by atoms with Gasteiger partial charge in [-0.25, -0.2) is 9.78 Å². The number of urea groups is 1. The highest BCUT2D eigenvalue weighted by molar-refractivity contribution is 7.09. The van der Waals surface area contributed by atoms with Crippen molar-refractivity contribution in [3.05, 3.63) is 16.1 Å². The molecule has 0 bridgehead atoms. The number of carbonyl (C=O) groups is 2. The third-order valence-electron chi connectivity index (χ3n) is 3.65. The molecule has 0 saturated carbocycles. The zero-order valence-corrected chi connectivity index (χ0v) is 14.0. The van der Waals surface area contributed by atoms with Gasteiger partial charge in [0.25, 0.3) is 0 Å². The third-order valence-corrected chi connectivity index (χ3v) is 4.52.